The van der Waals surface area contributed by atoms with Crippen LogP contribution in [0.5, 0.6) is 0 Å². The smallest absolute Gasteiger partial charge is 0.303 e. The Balaban J connectivity index is 2.06. The molecular formula is C26H36O4. The molecule has 4 atom stereocenters. The lowest BCUT2D eigenvalue weighted by atomic mass is 9.82. The molecule has 2 rings (SSSR count). The van der Waals surface area contributed by atoms with E-state index in [1.165, 1.54) is 5.56 Å². The van der Waals surface area contributed by atoms with Crippen molar-refractivity contribution in [1.29, 1.82) is 0 Å². The molecular weight excluding hydrogens is 376 g/mol. The molecule has 0 spiro atoms. The van der Waals surface area contributed by atoms with Gasteiger partial charge in [-0.15, -0.1) is 0 Å². The maximum atomic E-state index is 12.8. The molecule has 4 unspecified atom stereocenters. The molecule has 0 heterocycles. The summed E-state index contributed by atoms with van der Waals surface area (Å²) < 4.78 is 0. The van der Waals surface area contributed by atoms with Crippen molar-refractivity contribution in [2.45, 2.75) is 76.7 Å². The topological polar surface area (TPSA) is 74.6 Å². The molecule has 0 aromatic heterocycles. The molecule has 1 aromatic rings. The Bertz CT molecular complexity index is 707. The average molecular weight is 413 g/mol. The Hall–Kier alpha value is -2.20. The van der Waals surface area contributed by atoms with Gasteiger partial charge in [-0.3, -0.25) is 9.59 Å². The highest BCUT2D eigenvalue weighted by Crippen LogP contribution is 2.44. The Morgan fingerprint density at radius 2 is 1.93 bits per heavy atom. The van der Waals surface area contributed by atoms with Crippen molar-refractivity contribution in [3.8, 4) is 0 Å². The van der Waals surface area contributed by atoms with Gasteiger partial charge in [0.15, 0.2) is 0 Å². The van der Waals surface area contributed by atoms with E-state index in [1.54, 1.807) is 0 Å². The normalized spacial score (nSPS) is 22.9. The Kier molecular flexibility index (Phi) is 10.6. The summed E-state index contributed by atoms with van der Waals surface area (Å²) in [7, 11) is 0. The number of rotatable bonds is 13. The number of carbonyl (C=O) groups is 2. The van der Waals surface area contributed by atoms with Gasteiger partial charge in [-0.25, -0.2) is 0 Å². The summed E-state index contributed by atoms with van der Waals surface area (Å²) in [5.41, 5.74) is 1.17. The lowest BCUT2D eigenvalue weighted by molar-refractivity contribution is -0.137. The van der Waals surface area contributed by atoms with Crippen molar-refractivity contribution in [3.05, 3.63) is 60.2 Å². The fourth-order valence-electron chi connectivity index (χ4n) is 4.28. The zero-order valence-corrected chi connectivity index (χ0v) is 18.1. The molecule has 1 aliphatic carbocycles. The number of hydrogen-bond donors (Lipinski definition) is 2. The first-order chi connectivity index (χ1) is 14.5. The van der Waals surface area contributed by atoms with E-state index in [4.69, 9.17) is 5.11 Å². The number of unbranched alkanes of at least 4 members (excludes halogenated alkanes) is 3. The minimum Gasteiger partial charge on any atom is -0.481 e. The van der Waals surface area contributed by atoms with Gasteiger partial charge >= 0.3 is 5.97 Å². The van der Waals surface area contributed by atoms with Crippen LogP contribution in [-0.4, -0.2) is 28.1 Å². The number of aliphatic carboxylic acids is 1. The third-order valence-electron chi connectivity index (χ3n) is 5.97. The molecule has 4 heteroatoms. The van der Waals surface area contributed by atoms with Gasteiger partial charge in [0.2, 0.25) is 0 Å². The minimum absolute atomic E-state index is 0.0735. The molecule has 1 saturated carbocycles. The van der Waals surface area contributed by atoms with E-state index in [1.807, 2.05) is 36.4 Å². The standard InChI is InChI=1S/C26H36O4/c1-2-3-7-14-21(27)17-18-22-23(15-10-4-5-11-16-26(29)30)25(28)19-24(22)20-12-8-6-9-13-20/h4,6,8-10,12-13,17-18,21-24,27H,2-3,5,7,11,14-16,19H2,1H3,(H,29,30)/b10-4+,18-17+. The first-order valence-corrected chi connectivity index (χ1v) is 11.3. The summed E-state index contributed by atoms with van der Waals surface area (Å²) in [5.74, 6) is -0.380. The van der Waals surface area contributed by atoms with Crippen LogP contribution in [-0.2, 0) is 9.59 Å². The first kappa shape index (κ1) is 24.1. The largest absolute Gasteiger partial charge is 0.481 e. The number of benzene rings is 1. The van der Waals surface area contributed by atoms with Gasteiger partial charge < -0.3 is 10.2 Å². The maximum absolute atomic E-state index is 12.8. The van der Waals surface area contributed by atoms with Gasteiger partial charge in [-0.2, -0.15) is 0 Å². The second-order valence-electron chi connectivity index (χ2n) is 8.31. The zero-order valence-electron chi connectivity index (χ0n) is 18.1. The Morgan fingerprint density at radius 3 is 2.63 bits per heavy atom. The van der Waals surface area contributed by atoms with Crippen LogP contribution in [0.3, 0.4) is 0 Å². The zero-order chi connectivity index (χ0) is 21.8. The molecule has 2 N–H and O–H groups in total. The number of aliphatic hydroxyl groups is 1. The van der Waals surface area contributed by atoms with Crippen molar-refractivity contribution in [2.75, 3.05) is 0 Å². The van der Waals surface area contributed by atoms with Gasteiger partial charge in [0, 0.05) is 18.8 Å². The van der Waals surface area contributed by atoms with Crippen molar-refractivity contribution < 1.29 is 19.8 Å². The molecule has 0 aliphatic heterocycles. The molecule has 30 heavy (non-hydrogen) atoms. The summed E-state index contributed by atoms with van der Waals surface area (Å²) in [6.45, 7) is 2.15. The lowest BCUT2D eigenvalue weighted by Crippen LogP contribution is -2.15. The van der Waals surface area contributed by atoms with E-state index < -0.39 is 12.1 Å². The van der Waals surface area contributed by atoms with Crippen LogP contribution in [0.2, 0.25) is 0 Å². The fraction of sp³-hybridized carbons (Fsp3) is 0.538. The van der Waals surface area contributed by atoms with Crippen molar-refractivity contribution >= 4 is 11.8 Å². The van der Waals surface area contributed by atoms with E-state index in [9.17, 15) is 14.7 Å². The fourth-order valence-corrected chi connectivity index (χ4v) is 4.28. The van der Waals surface area contributed by atoms with Crippen LogP contribution in [0.4, 0.5) is 0 Å². The van der Waals surface area contributed by atoms with E-state index in [0.717, 1.165) is 25.7 Å². The van der Waals surface area contributed by atoms with Gasteiger partial charge in [0.05, 0.1) is 6.10 Å². The minimum atomic E-state index is -0.775. The summed E-state index contributed by atoms with van der Waals surface area (Å²) in [4.78, 5) is 23.4. The van der Waals surface area contributed by atoms with Crippen molar-refractivity contribution in [2.24, 2.45) is 11.8 Å². The summed E-state index contributed by atoms with van der Waals surface area (Å²) >= 11 is 0. The van der Waals surface area contributed by atoms with E-state index >= 15 is 0 Å². The average Bonchev–Trinajstić information content (AvgIpc) is 3.05. The molecule has 164 valence electrons. The van der Waals surface area contributed by atoms with Gasteiger partial charge in [-0.05, 0) is 43.1 Å². The molecule has 1 aromatic carbocycles. The highest BCUT2D eigenvalue weighted by atomic mass is 16.4. The SMILES string of the molecule is CCCCCC(O)/C=C/C1C(C/C=C/CCCC(=O)O)C(=O)CC1c1ccccc1. The maximum Gasteiger partial charge on any atom is 0.303 e. The third kappa shape index (κ3) is 7.91. The molecule has 4 nitrogen and oxygen atoms in total. The van der Waals surface area contributed by atoms with Crippen LogP contribution in [0.1, 0.15) is 76.2 Å². The summed E-state index contributed by atoms with van der Waals surface area (Å²) in [5, 5.41) is 19.1. The van der Waals surface area contributed by atoms with Gasteiger partial charge in [-0.1, -0.05) is 80.8 Å². The predicted octanol–water partition coefficient (Wildman–Crippen LogP) is 5.67. The highest BCUT2D eigenvalue weighted by molar-refractivity contribution is 5.85. The molecule has 1 fully saturated rings. The lowest BCUT2D eigenvalue weighted by Gasteiger charge is -2.21. The third-order valence-corrected chi connectivity index (χ3v) is 5.97. The number of aliphatic hydroxyl groups excluding tert-OH is 1. The number of carboxylic acid groups (broad SMARTS) is 1. The number of Topliss-reactive ketones (excluding diaryl/α,β-unsaturated/α-hetero) is 1. The van der Waals surface area contributed by atoms with E-state index in [-0.39, 0.29) is 30.0 Å². The predicted molar refractivity (Wildman–Crippen MR) is 120 cm³/mol. The molecule has 0 bridgehead atoms. The second-order valence-corrected chi connectivity index (χ2v) is 8.31. The van der Waals surface area contributed by atoms with Crippen LogP contribution < -0.4 is 0 Å². The number of carboxylic acids is 1. The molecule has 1 aliphatic rings. The van der Waals surface area contributed by atoms with Crippen molar-refractivity contribution in [3.63, 3.8) is 0 Å². The highest BCUT2D eigenvalue weighted by Gasteiger charge is 2.40. The molecule has 0 saturated heterocycles. The number of allylic oxidation sites excluding steroid dienone is 3. The summed E-state index contributed by atoms with van der Waals surface area (Å²) in [6.07, 6.45) is 14.2. The van der Waals surface area contributed by atoms with Crippen LogP contribution in [0.25, 0.3) is 0 Å². The van der Waals surface area contributed by atoms with Crippen LogP contribution in [0, 0.1) is 11.8 Å². The molecule has 0 amide bonds. The number of ketones is 1. The summed E-state index contributed by atoms with van der Waals surface area (Å²) in [6, 6.07) is 10.2. The van der Waals surface area contributed by atoms with Gasteiger partial charge in [0.1, 0.15) is 5.78 Å². The van der Waals surface area contributed by atoms with Gasteiger partial charge in [0.25, 0.3) is 0 Å². The first-order valence-electron chi connectivity index (χ1n) is 11.3. The molecule has 0 radical (unpaired) electrons. The van der Waals surface area contributed by atoms with Crippen LogP contribution in [0.15, 0.2) is 54.6 Å². The number of hydrogen-bond acceptors (Lipinski definition) is 3. The Labute approximate surface area is 180 Å². The van der Waals surface area contributed by atoms with E-state index in [0.29, 0.717) is 25.7 Å². The van der Waals surface area contributed by atoms with Crippen LogP contribution >= 0.6 is 0 Å². The monoisotopic (exact) mass is 412 g/mol. The Morgan fingerprint density at radius 1 is 1.17 bits per heavy atom. The second kappa shape index (κ2) is 13.2. The number of carbonyl (C=O) groups excluding carboxylic acids is 1. The quantitative estimate of drug-likeness (QED) is 0.323. The van der Waals surface area contributed by atoms with E-state index in [2.05, 4.69) is 25.1 Å². The van der Waals surface area contributed by atoms with Crippen molar-refractivity contribution in [1.82, 2.24) is 0 Å².